The molecule has 5 amide bonds. The predicted molar refractivity (Wildman–Crippen MR) is 195 cm³/mol. The molecule has 0 fully saturated rings. The minimum absolute atomic E-state index is 0.00426. The summed E-state index contributed by atoms with van der Waals surface area (Å²) < 4.78 is 0. The van der Waals surface area contributed by atoms with Gasteiger partial charge in [0.05, 0.1) is 6.10 Å². The van der Waals surface area contributed by atoms with Crippen molar-refractivity contribution in [2.75, 3.05) is 40.5 Å². The fourth-order valence-electron chi connectivity index (χ4n) is 5.10. The number of thioether (sulfide) groups is 1. The Morgan fingerprint density at radius 1 is 0.918 bits per heavy atom. The Hall–Kier alpha value is -3.37. The predicted octanol–water partition coefficient (Wildman–Crippen LogP) is 0.193. The highest BCUT2D eigenvalue weighted by molar-refractivity contribution is 8.00. The van der Waals surface area contributed by atoms with Gasteiger partial charge in [-0.3, -0.25) is 29.4 Å². The molecule has 0 aromatic rings. The Morgan fingerprint density at radius 2 is 1.53 bits per heavy atom. The van der Waals surface area contributed by atoms with Crippen LogP contribution in [0.25, 0.3) is 0 Å². The quantitative estimate of drug-likeness (QED) is 0.0250. The monoisotopic (exact) mass is 713 g/mol. The number of hydrogen-bond acceptors (Lipinski definition) is 9. The molecule has 282 valence electrons. The molecule has 0 aliphatic heterocycles. The van der Waals surface area contributed by atoms with Gasteiger partial charge in [0, 0.05) is 33.4 Å². The number of hydrogen-bond donors (Lipinski definition) is 8. The molecular formula is C33H63N9O6S. The minimum atomic E-state index is -1.12. The van der Waals surface area contributed by atoms with Crippen molar-refractivity contribution in [1.29, 1.82) is 5.41 Å². The number of carbonyl (C=O) groups is 5. The van der Waals surface area contributed by atoms with Crippen LogP contribution in [0.1, 0.15) is 67.7 Å². The summed E-state index contributed by atoms with van der Waals surface area (Å²) in [6, 6.07) is -3.77. The third-order valence-electron chi connectivity index (χ3n) is 8.19. The number of rotatable bonds is 22. The summed E-state index contributed by atoms with van der Waals surface area (Å²) in [5, 5.41) is 30.9. The van der Waals surface area contributed by atoms with E-state index in [1.54, 1.807) is 14.0 Å². The molecule has 0 aliphatic rings. The van der Waals surface area contributed by atoms with Crippen molar-refractivity contribution >= 4 is 47.3 Å². The number of nitrogens with two attached hydrogens (primary N) is 1. The fourth-order valence-corrected chi connectivity index (χ4v) is 6.18. The standard InChI is InChI=1S/C33H63N9O6S/c1-12-14-15-21(7)26(43)25(36-8)29(46)39-22(13-2)30(47)42(11)32(49-17-16-38-33(34)35)31(48)41(10)23(18-19(3)4)27(44)40-24(20(5)6)28(45)37-9/h12,14,19-26,32,36,43H,13,15-18H2,1-11H3,(H,37,45)(H,39,46)(H,40,44)(H4,34,35,38)/b14-12+/t21-,22+,23+,24+,25?,26-,32?/m1/s1. The molecule has 0 aliphatic carbocycles. The van der Waals surface area contributed by atoms with Gasteiger partial charge in [-0.25, -0.2) is 0 Å². The van der Waals surface area contributed by atoms with Crippen molar-refractivity contribution < 1.29 is 29.1 Å². The lowest BCUT2D eigenvalue weighted by Crippen LogP contribution is -2.60. The summed E-state index contributed by atoms with van der Waals surface area (Å²) in [4.78, 5) is 70.2. The lowest BCUT2D eigenvalue weighted by molar-refractivity contribution is -0.146. The number of aliphatic hydroxyl groups excluding tert-OH is 1. The zero-order valence-electron chi connectivity index (χ0n) is 31.3. The Morgan fingerprint density at radius 3 is 2.00 bits per heavy atom. The molecule has 9 N–H and O–H groups in total. The van der Waals surface area contributed by atoms with Gasteiger partial charge in [0.15, 0.2) is 11.3 Å². The molecule has 49 heavy (non-hydrogen) atoms. The molecule has 0 aromatic carbocycles. The normalized spacial score (nSPS) is 15.8. The maximum absolute atomic E-state index is 14.2. The SMILES string of the molecule is C/C=C/C[C@@H](C)[C@@H](O)C(NC)C(=O)N[C@@H](CC)C(=O)N(C)C(SCCNC(=N)N)C(=O)N(C)[C@@H](CC(C)C)C(=O)N[C@H](C(=O)NC)C(C)C. The molecule has 0 saturated heterocycles. The van der Waals surface area contributed by atoms with Gasteiger partial charge < -0.3 is 47.2 Å². The minimum Gasteiger partial charge on any atom is -0.391 e. The largest absolute Gasteiger partial charge is 0.391 e. The van der Waals surface area contributed by atoms with Crippen LogP contribution < -0.4 is 32.3 Å². The number of likely N-dealkylation sites (N-methyl/N-ethyl adjacent to an activating group) is 4. The van der Waals surface area contributed by atoms with Gasteiger partial charge in [-0.05, 0) is 51.0 Å². The molecule has 0 aromatic heterocycles. The first-order valence-corrected chi connectivity index (χ1v) is 18.0. The number of nitrogens with one attached hydrogen (secondary N) is 6. The van der Waals surface area contributed by atoms with E-state index in [0.29, 0.717) is 12.8 Å². The highest BCUT2D eigenvalue weighted by atomic mass is 32.2. The van der Waals surface area contributed by atoms with E-state index < -0.39 is 59.3 Å². The van der Waals surface area contributed by atoms with Crippen molar-refractivity contribution in [2.45, 2.75) is 103 Å². The van der Waals surface area contributed by atoms with Crippen LogP contribution in [0, 0.1) is 23.2 Å². The van der Waals surface area contributed by atoms with Crippen LogP contribution in [-0.2, 0) is 24.0 Å². The van der Waals surface area contributed by atoms with E-state index in [-0.39, 0.29) is 48.3 Å². The molecule has 2 unspecified atom stereocenters. The lowest BCUT2D eigenvalue weighted by atomic mass is 9.94. The number of allylic oxidation sites excluding steroid dienone is 2. The third kappa shape index (κ3) is 15.0. The van der Waals surface area contributed by atoms with Gasteiger partial charge in [-0.1, -0.05) is 53.7 Å². The molecule has 0 bridgehead atoms. The molecular weight excluding hydrogens is 650 g/mol. The zero-order valence-corrected chi connectivity index (χ0v) is 32.1. The maximum atomic E-state index is 14.2. The van der Waals surface area contributed by atoms with E-state index in [0.717, 1.165) is 11.8 Å². The molecule has 0 spiro atoms. The second-order valence-electron chi connectivity index (χ2n) is 13.0. The van der Waals surface area contributed by atoms with Crippen LogP contribution in [0.2, 0.25) is 0 Å². The maximum Gasteiger partial charge on any atom is 0.256 e. The van der Waals surface area contributed by atoms with Crippen LogP contribution in [-0.4, -0.2) is 127 Å². The Balaban J connectivity index is 6.39. The summed E-state index contributed by atoms with van der Waals surface area (Å²) >= 11 is 1.12. The van der Waals surface area contributed by atoms with Gasteiger partial charge in [-0.2, -0.15) is 0 Å². The van der Waals surface area contributed by atoms with E-state index in [9.17, 15) is 29.1 Å². The lowest BCUT2D eigenvalue weighted by Gasteiger charge is -2.36. The van der Waals surface area contributed by atoms with Crippen LogP contribution in [0.3, 0.4) is 0 Å². The fraction of sp³-hybridized carbons (Fsp3) is 0.758. The Labute approximate surface area is 297 Å². The first-order chi connectivity index (χ1) is 22.9. The summed E-state index contributed by atoms with van der Waals surface area (Å²) in [5.41, 5.74) is 5.42. The first kappa shape index (κ1) is 45.6. The van der Waals surface area contributed by atoms with Crippen molar-refractivity contribution in [3.8, 4) is 0 Å². The van der Waals surface area contributed by atoms with Gasteiger partial charge in [0.2, 0.25) is 23.6 Å². The number of guanidine groups is 1. The van der Waals surface area contributed by atoms with Crippen molar-refractivity contribution in [3.63, 3.8) is 0 Å². The highest BCUT2D eigenvalue weighted by Crippen LogP contribution is 2.22. The highest BCUT2D eigenvalue weighted by Gasteiger charge is 2.39. The Bertz CT molecular complexity index is 1120. The first-order valence-electron chi connectivity index (χ1n) is 16.9. The van der Waals surface area contributed by atoms with Crippen LogP contribution in [0.4, 0.5) is 0 Å². The van der Waals surface area contributed by atoms with Crippen molar-refractivity contribution in [3.05, 3.63) is 12.2 Å². The van der Waals surface area contributed by atoms with E-state index >= 15 is 0 Å². The second kappa shape index (κ2) is 23.1. The van der Waals surface area contributed by atoms with E-state index in [1.807, 2.05) is 53.7 Å². The topological polar surface area (TPSA) is 222 Å². The molecule has 15 nitrogen and oxygen atoms in total. The number of carbonyl (C=O) groups excluding carboxylic acids is 5. The van der Waals surface area contributed by atoms with Crippen LogP contribution in [0.5, 0.6) is 0 Å². The van der Waals surface area contributed by atoms with Gasteiger partial charge in [0.1, 0.15) is 24.2 Å². The van der Waals surface area contributed by atoms with Crippen LogP contribution >= 0.6 is 11.8 Å². The van der Waals surface area contributed by atoms with Gasteiger partial charge >= 0.3 is 0 Å². The third-order valence-corrected chi connectivity index (χ3v) is 9.47. The van der Waals surface area contributed by atoms with E-state index in [4.69, 9.17) is 11.1 Å². The zero-order chi connectivity index (χ0) is 38.0. The summed E-state index contributed by atoms with van der Waals surface area (Å²) in [5.74, 6) is -2.90. The summed E-state index contributed by atoms with van der Waals surface area (Å²) in [7, 11) is 5.99. The summed E-state index contributed by atoms with van der Waals surface area (Å²) in [6.07, 6.45) is 3.81. The average Bonchev–Trinajstić information content (AvgIpc) is 3.05. The molecule has 0 radical (unpaired) electrons. The van der Waals surface area contributed by atoms with Crippen LogP contribution in [0.15, 0.2) is 12.2 Å². The smallest absolute Gasteiger partial charge is 0.256 e. The van der Waals surface area contributed by atoms with Crippen molar-refractivity contribution in [1.82, 2.24) is 36.4 Å². The number of amides is 5. The van der Waals surface area contributed by atoms with E-state index in [2.05, 4.69) is 26.6 Å². The van der Waals surface area contributed by atoms with Crippen molar-refractivity contribution in [2.24, 2.45) is 23.5 Å². The molecule has 0 saturated carbocycles. The average molecular weight is 714 g/mol. The number of aliphatic hydroxyl groups is 1. The second-order valence-corrected chi connectivity index (χ2v) is 14.1. The summed E-state index contributed by atoms with van der Waals surface area (Å²) in [6.45, 7) is 13.1. The van der Waals surface area contributed by atoms with Gasteiger partial charge in [-0.15, -0.1) is 11.8 Å². The Kier molecular flexibility index (Phi) is 21.5. The van der Waals surface area contributed by atoms with E-state index in [1.165, 1.54) is 30.9 Å². The molecule has 16 heteroatoms. The van der Waals surface area contributed by atoms with Gasteiger partial charge in [0.25, 0.3) is 5.91 Å². The number of nitrogens with zero attached hydrogens (tertiary/aromatic N) is 2. The molecule has 0 rings (SSSR count). The molecule has 0 heterocycles. The molecule has 7 atom stereocenters.